The number of alkyl halides is 3. The summed E-state index contributed by atoms with van der Waals surface area (Å²) in [5, 5.41) is 3.33. The van der Waals surface area contributed by atoms with Gasteiger partial charge in [-0.05, 0) is 119 Å². The number of hydrogen-bond donors (Lipinski definition) is 1. The fourth-order valence-electron chi connectivity index (χ4n) is 7.87. The van der Waals surface area contributed by atoms with Crippen LogP contribution in [0.2, 0.25) is 0 Å². The Balaban J connectivity index is 0.00000384. The van der Waals surface area contributed by atoms with E-state index in [2.05, 4.69) is 5.32 Å². The van der Waals surface area contributed by atoms with Crippen LogP contribution in [0.15, 0.2) is 54.6 Å². The zero-order valence-electron chi connectivity index (χ0n) is 25.5. The Kier molecular flexibility index (Phi) is 9.61. The quantitative estimate of drug-likeness (QED) is 0.244. The first kappa shape index (κ1) is 32.3. The summed E-state index contributed by atoms with van der Waals surface area (Å²) in [6.45, 7) is 2.83. The van der Waals surface area contributed by atoms with Crippen molar-refractivity contribution in [3.63, 3.8) is 0 Å². The van der Waals surface area contributed by atoms with Gasteiger partial charge in [-0.1, -0.05) is 30.3 Å². The molecule has 1 N–H and O–H groups in total. The van der Waals surface area contributed by atoms with Gasteiger partial charge in [0.1, 0.15) is 11.4 Å². The predicted octanol–water partition coefficient (Wildman–Crippen LogP) is 8.05. The summed E-state index contributed by atoms with van der Waals surface area (Å²) in [4.78, 5) is 20.5. The number of amides is 1. The molecule has 236 valence electrons. The van der Waals surface area contributed by atoms with Gasteiger partial charge in [0.15, 0.2) is 0 Å². The minimum absolute atomic E-state index is 0. The van der Waals surface area contributed by atoms with E-state index in [0.29, 0.717) is 36.1 Å². The number of aromatic nitrogens is 1. The zero-order chi connectivity index (χ0) is 30.3. The summed E-state index contributed by atoms with van der Waals surface area (Å²) in [6.07, 6.45) is 2.10. The van der Waals surface area contributed by atoms with Crippen LogP contribution in [0.1, 0.15) is 60.1 Å². The van der Waals surface area contributed by atoms with Crippen molar-refractivity contribution in [3.05, 3.63) is 71.4 Å². The first-order chi connectivity index (χ1) is 20.6. The Morgan fingerprint density at radius 1 is 0.955 bits per heavy atom. The molecule has 4 saturated carbocycles. The monoisotopic (exact) mass is 627 g/mol. The van der Waals surface area contributed by atoms with Crippen molar-refractivity contribution >= 4 is 18.3 Å². The van der Waals surface area contributed by atoms with Crippen LogP contribution in [-0.4, -0.2) is 49.1 Å². The lowest BCUT2D eigenvalue weighted by molar-refractivity contribution is -0.138. The molecule has 0 unspecified atom stereocenters. The van der Waals surface area contributed by atoms with Crippen LogP contribution in [0, 0.1) is 30.6 Å². The van der Waals surface area contributed by atoms with E-state index < -0.39 is 11.7 Å². The van der Waals surface area contributed by atoms with E-state index in [1.807, 2.05) is 56.3 Å². The molecule has 0 saturated heterocycles. The Hall–Kier alpha value is -3.10. The summed E-state index contributed by atoms with van der Waals surface area (Å²) in [5.74, 6) is 2.19. The van der Waals surface area contributed by atoms with Crippen molar-refractivity contribution in [1.29, 1.82) is 0 Å². The van der Waals surface area contributed by atoms with E-state index >= 15 is 0 Å². The normalized spacial score (nSPS) is 23.8. The van der Waals surface area contributed by atoms with Gasteiger partial charge in [-0.3, -0.25) is 4.79 Å². The van der Waals surface area contributed by atoms with Crippen LogP contribution in [0.4, 0.5) is 13.2 Å². The molecule has 1 amide bonds. The summed E-state index contributed by atoms with van der Waals surface area (Å²) in [5.41, 5.74) is 3.04. The van der Waals surface area contributed by atoms with Crippen molar-refractivity contribution in [1.82, 2.24) is 15.2 Å². The van der Waals surface area contributed by atoms with Gasteiger partial charge >= 0.3 is 6.18 Å². The Bertz CT molecular complexity index is 1460. The molecule has 5 nitrogen and oxygen atoms in total. The molecule has 3 aromatic rings. The van der Waals surface area contributed by atoms with Gasteiger partial charge < -0.3 is 15.0 Å². The Labute approximate surface area is 264 Å². The van der Waals surface area contributed by atoms with E-state index in [-0.39, 0.29) is 42.4 Å². The number of pyridine rings is 1. The van der Waals surface area contributed by atoms with Crippen LogP contribution in [0.3, 0.4) is 0 Å². The number of aryl methyl sites for hydroxylation is 1. The summed E-state index contributed by atoms with van der Waals surface area (Å²) in [7, 11) is 3.82. The molecule has 0 radical (unpaired) electrons. The number of hydrogen-bond acceptors (Lipinski definition) is 4. The van der Waals surface area contributed by atoms with Gasteiger partial charge in [-0.15, -0.1) is 12.4 Å². The van der Waals surface area contributed by atoms with E-state index in [1.54, 1.807) is 6.07 Å². The fourth-order valence-corrected chi connectivity index (χ4v) is 7.87. The maximum atomic E-state index is 14.0. The average Bonchev–Trinajstić information content (AvgIpc) is 2.96. The topological polar surface area (TPSA) is 54.5 Å². The fraction of sp³-hybridized carbons (Fsp3) is 0.486. The molecule has 4 fully saturated rings. The van der Waals surface area contributed by atoms with Crippen molar-refractivity contribution in [2.75, 3.05) is 27.2 Å². The second-order valence-corrected chi connectivity index (χ2v) is 13.1. The van der Waals surface area contributed by atoms with Gasteiger partial charge in [-0.25, -0.2) is 4.98 Å². The molecule has 0 atom stereocenters. The van der Waals surface area contributed by atoms with E-state index in [9.17, 15) is 18.0 Å². The molecule has 44 heavy (non-hydrogen) atoms. The lowest BCUT2D eigenvalue weighted by Crippen LogP contribution is -2.55. The van der Waals surface area contributed by atoms with Crippen LogP contribution in [-0.2, 0) is 6.18 Å². The van der Waals surface area contributed by atoms with Gasteiger partial charge in [-0.2, -0.15) is 13.2 Å². The van der Waals surface area contributed by atoms with E-state index in [1.165, 1.54) is 44.2 Å². The molecular formula is C35H41ClF3N3O2. The van der Waals surface area contributed by atoms with Gasteiger partial charge in [0.2, 0.25) is 0 Å². The molecule has 0 aliphatic heterocycles. The third kappa shape index (κ3) is 6.76. The maximum Gasteiger partial charge on any atom is 0.419 e. The highest BCUT2D eigenvalue weighted by Crippen LogP contribution is 2.53. The molecule has 4 aliphatic carbocycles. The average molecular weight is 628 g/mol. The molecular weight excluding hydrogens is 587 g/mol. The lowest BCUT2D eigenvalue weighted by atomic mass is 9.54. The van der Waals surface area contributed by atoms with Crippen LogP contribution in [0.25, 0.3) is 22.4 Å². The largest absolute Gasteiger partial charge is 0.493 e. The molecule has 4 bridgehead atoms. The summed E-state index contributed by atoms with van der Waals surface area (Å²) < 4.78 is 47.7. The number of rotatable bonds is 9. The van der Waals surface area contributed by atoms with Crippen molar-refractivity contribution in [2.45, 2.75) is 57.7 Å². The van der Waals surface area contributed by atoms with Crippen LogP contribution >= 0.6 is 12.4 Å². The highest BCUT2D eigenvalue weighted by atomic mass is 35.5. The number of carbonyl (C=O) groups excluding carboxylic acids is 1. The second-order valence-electron chi connectivity index (χ2n) is 13.1. The highest BCUT2D eigenvalue weighted by molar-refractivity contribution is 5.95. The molecule has 1 heterocycles. The summed E-state index contributed by atoms with van der Waals surface area (Å²) in [6, 6.07) is 15.5. The third-order valence-electron chi connectivity index (χ3n) is 9.66. The van der Waals surface area contributed by atoms with Crippen LogP contribution < -0.4 is 10.1 Å². The molecule has 7 rings (SSSR count). The second kappa shape index (κ2) is 13.1. The van der Waals surface area contributed by atoms with Gasteiger partial charge in [0.25, 0.3) is 5.91 Å². The van der Waals surface area contributed by atoms with Gasteiger partial charge in [0.05, 0.1) is 17.9 Å². The zero-order valence-corrected chi connectivity index (χ0v) is 26.3. The number of nitrogens with zero attached hydrogens (tertiary/aromatic N) is 2. The van der Waals surface area contributed by atoms with Crippen molar-refractivity contribution in [2.24, 2.45) is 23.7 Å². The molecule has 4 aliphatic rings. The standard InChI is InChI=1S/C35H40F3N3O2.ClH/c1-21-7-4-5-8-27(21)28-10-12-30(34(42)40-32-25-16-22-15-23(18-25)19-26(32)17-22)39-33(28)24-9-11-29(35(36,37)38)31(20-24)43-14-6-13-41(2)3;/h4-5,7-12,20,22-23,25-26,32H,6,13-19H2,1-3H3,(H,40,42);1H. The third-order valence-corrected chi connectivity index (χ3v) is 9.66. The minimum Gasteiger partial charge on any atom is -0.493 e. The smallest absolute Gasteiger partial charge is 0.419 e. The SMILES string of the molecule is Cc1ccccc1-c1ccc(C(=O)NC2C3CC4CC(C3)CC2C4)nc1-c1ccc(C(F)(F)F)c(OCCCN(C)C)c1.Cl. The molecule has 1 aromatic heterocycles. The molecule has 9 heteroatoms. The summed E-state index contributed by atoms with van der Waals surface area (Å²) >= 11 is 0. The number of halogens is 4. The number of ether oxygens (including phenoxy) is 1. The van der Waals surface area contributed by atoms with E-state index in [4.69, 9.17) is 9.72 Å². The Morgan fingerprint density at radius 2 is 1.64 bits per heavy atom. The van der Waals surface area contributed by atoms with Crippen molar-refractivity contribution in [3.8, 4) is 28.1 Å². The lowest BCUT2D eigenvalue weighted by Gasteiger charge is -2.54. The first-order valence-corrected chi connectivity index (χ1v) is 15.4. The minimum atomic E-state index is -4.57. The number of benzene rings is 2. The Morgan fingerprint density at radius 3 is 2.27 bits per heavy atom. The number of carbonyl (C=O) groups is 1. The van der Waals surface area contributed by atoms with Crippen LogP contribution in [0.5, 0.6) is 5.75 Å². The maximum absolute atomic E-state index is 14.0. The van der Waals surface area contributed by atoms with Gasteiger partial charge in [0, 0.05) is 23.7 Å². The molecule has 0 spiro atoms. The van der Waals surface area contributed by atoms with Crippen molar-refractivity contribution < 1.29 is 22.7 Å². The highest BCUT2D eigenvalue weighted by Gasteiger charge is 2.48. The molecule has 2 aromatic carbocycles. The number of nitrogens with one attached hydrogen (secondary N) is 1. The van der Waals surface area contributed by atoms with E-state index in [0.717, 1.165) is 34.6 Å². The first-order valence-electron chi connectivity index (χ1n) is 15.4. The predicted molar refractivity (Wildman–Crippen MR) is 169 cm³/mol.